The van der Waals surface area contributed by atoms with Crippen LogP contribution in [0.25, 0.3) is 11.0 Å². The van der Waals surface area contributed by atoms with E-state index in [9.17, 15) is 4.79 Å². The lowest BCUT2D eigenvalue weighted by Crippen LogP contribution is -2.26. The number of imidazole rings is 1. The Hall–Kier alpha value is -2.73. The smallest absolute Gasteiger partial charge is 0.251 e. The zero-order chi connectivity index (χ0) is 19.4. The Balaban J connectivity index is 1.65. The fraction of sp³-hybridized carbons (Fsp3) is 0.300. The SMILES string of the molecule is COc1cc(C(=O)NCCc2nc3ccccc3[nH]2)cc(Cl)c1OC(C)C. The minimum absolute atomic E-state index is 0.0557. The third kappa shape index (κ3) is 4.52. The van der Waals surface area contributed by atoms with Crippen molar-refractivity contribution in [3.63, 3.8) is 0 Å². The molecule has 0 atom stereocenters. The lowest BCUT2D eigenvalue weighted by atomic mass is 10.2. The molecule has 1 aromatic heterocycles. The number of H-pyrrole nitrogens is 1. The summed E-state index contributed by atoms with van der Waals surface area (Å²) in [6.45, 7) is 4.24. The molecular weight excluding hydrogens is 366 g/mol. The first-order valence-corrected chi connectivity index (χ1v) is 9.11. The largest absolute Gasteiger partial charge is 0.493 e. The molecule has 0 aliphatic heterocycles. The van der Waals surface area contributed by atoms with Crippen LogP contribution in [0.5, 0.6) is 11.5 Å². The number of carbonyl (C=O) groups is 1. The second kappa shape index (κ2) is 8.31. The number of halogens is 1. The van der Waals surface area contributed by atoms with Crippen LogP contribution in [-0.2, 0) is 6.42 Å². The maximum atomic E-state index is 12.5. The summed E-state index contributed by atoms with van der Waals surface area (Å²) in [7, 11) is 1.52. The number of methoxy groups -OCH3 is 1. The summed E-state index contributed by atoms with van der Waals surface area (Å²) < 4.78 is 11.0. The van der Waals surface area contributed by atoms with E-state index in [2.05, 4.69) is 15.3 Å². The zero-order valence-electron chi connectivity index (χ0n) is 15.5. The monoisotopic (exact) mass is 387 g/mol. The van der Waals surface area contributed by atoms with E-state index in [1.165, 1.54) is 7.11 Å². The molecular formula is C20H22ClN3O3. The van der Waals surface area contributed by atoms with Gasteiger partial charge in [-0.25, -0.2) is 4.98 Å². The maximum absolute atomic E-state index is 12.5. The van der Waals surface area contributed by atoms with E-state index in [4.69, 9.17) is 21.1 Å². The molecule has 7 heteroatoms. The van der Waals surface area contributed by atoms with Gasteiger partial charge in [0.2, 0.25) is 0 Å². The number of benzene rings is 2. The number of nitrogens with one attached hydrogen (secondary N) is 2. The Morgan fingerprint density at radius 1 is 1.30 bits per heavy atom. The van der Waals surface area contributed by atoms with Gasteiger partial charge in [-0.1, -0.05) is 23.7 Å². The summed E-state index contributed by atoms with van der Waals surface area (Å²) in [6, 6.07) is 11.0. The lowest BCUT2D eigenvalue weighted by molar-refractivity contribution is 0.0953. The predicted molar refractivity (Wildman–Crippen MR) is 106 cm³/mol. The number of nitrogens with zero attached hydrogens (tertiary/aromatic N) is 1. The van der Waals surface area contributed by atoms with E-state index in [-0.39, 0.29) is 12.0 Å². The molecule has 0 saturated carbocycles. The number of para-hydroxylation sites is 2. The number of ether oxygens (including phenoxy) is 2. The van der Waals surface area contributed by atoms with Crippen LogP contribution in [0.15, 0.2) is 36.4 Å². The van der Waals surface area contributed by atoms with E-state index >= 15 is 0 Å². The van der Waals surface area contributed by atoms with Crippen LogP contribution in [0.1, 0.15) is 30.0 Å². The first-order valence-electron chi connectivity index (χ1n) is 8.74. The third-order valence-electron chi connectivity index (χ3n) is 3.93. The summed E-state index contributed by atoms with van der Waals surface area (Å²) in [6.07, 6.45) is 0.541. The van der Waals surface area contributed by atoms with Crippen LogP contribution in [0.2, 0.25) is 5.02 Å². The summed E-state index contributed by atoms with van der Waals surface area (Å²) in [5.74, 6) is 1.46. The molecule has 142 valence electrons. The van der Waals surface area contributed by atoms with Crippen LogP contribution in [0, 0.1) is 0 Å². The van der Waals surface area contributed by atoms with E-state index in [0.29, 0.717) is 35.1 Å². The summed E-state index contributed by atoms with van der Waals surface area (Å²) in [5.41, 5.74) is 2.31. The van der Waals surface area contributed by atoms with Gasteiger partial charge in [-0.2, -0.15) is 0 Å². The van der Waals surface area contributed by atoms with Crippen LogP contribution in [0.4, 0.5) is 0 Å². The Morgan fingerprint density at radius 3 is 2.78 bits per heavy atom. The second-order valence-corrected chi connectivity index (χ2v) is 6.77. The topological polar surface area (TPSA) is 76.2 Å². The average Bonchev–Trinajstić information content (AvgIpc) is 3.05. The number of carbonyl (C=O) groups excluding carboxylic acids is 1. The first kappa shape index (κ1) is 19.0. The standard InChI is InChI=1S/C20H22ClN3O3/c1-12(2)27-19-14(21)10-13(11-17(19)26-3)20(25)22-9-8-18-23-15-6-4-5-7-16(15)24-18/h4-7,10-12H,8-9H2,1-3H3,(H,22,25)(H,23,24). The van der Waals surface area contributed by atoms with Crippen molar-refractivity contribution in [2.75, 3.05) is 13.7 Å². The summed E-state index contributed by atoms with van der Waals surface area (Å²) >= 11 is 6.28. The quantitative estimate of drug-likeness (QED) is 0.642. The van der Waals surface area contributed by atoms with Crippen molar-refractivity contribution in [3.8, 4) is 11.5 Å². The van der Waals surface area contributed by atoms with Crippen LogP contribution >= 0.6 is 11.6 Å². The number of aromatic amines is 1. The molecule has 6 nitrogen and oxygen atoms in total. The number of rotatable bonds is 7. The summed E-state index contributed by atoms with van der Waals surface area (Å²) in [4.78, 5) is 20.2. The molecule has 0 fully saturated rings. The Bertz CT molecular complexity index is 920. The van der Waals surface area contributed by atoms with E-state index in [1.54, 1.807) is 12.1 Å². The number of hydrogen-bond acceptors (Lipinski definition) is 4. The van der Waals surface area contributed by atoms with Gasteiger partial charge in [0.1, 0.15) is 5.82 Å². The first-order chi connectivity index (χ1) is 13.0. The predicted octanol–water partition coefficient (Wildman–Crippen LogP) is 3.98. The van der Waals surface area contributed by atoms with Gasteiger partial charge in [0.05, 0.1) is 29.3 Å². The number of fused-ring (bicyclic) bond motifs is 1. The van der Waals surface area contributed by atoms with Gasteiger partial charge in [0.15, 0.2) is 11.5 Å². The molecule has 2 aromatic carbocycles. The molecule has 1 heterocycles. The normalized spacial score (nSPS) is 11.0. The van der Waals surface area contributed by atoms with E-state index in [0.717, 1.165) is 16.9 Å². The number of hydrogen-bond donors (Lipinski definition) is 2. The van der Waals surface area contributed by atoms with Crippen molar-refractivity contribution in [2.24, 2.45) is 0 Å². The van der Waals surface area contributed by atoms with Crippen molar-refractivity contribution in [1.82, 2.24) is 15.3 Å². The molecule has 0 spiro atoms. The molecule has 2 N–H and O–H groups in total. The highest BCUT2D eigenvalue weighted by atomic mass is 35.5. The average molecular weight is 388 g/mol. The molecule has 27 heavy (non-hydrogen) atoms. The van der Waals surface area contributed by atoms with Crippen LogP contribution in [0.3, 0.4) is 0 Å². The Kier molecular flexibility index (Phi) is 5.86. The molecule has 0 radical (unpaired) electrons. The van der Waals surface area contributed by atoms with Crippen molar-refractivity contribution < 1.29 is 14.3 Å². The highest BCUT2D eigenvalue weighted by molar-refractivity contribution is 6.32. The van der Waals surface area contributed by atoms with Gasteiger partial charge >= 0.3 is 0 Å². The molecule has 3 rings (SSSR count). The van der Waals surface area contributed by atoms with Crippen LogP contribution in [-0.4, -0.2) is 35.6 Å². The van der Waals surface area contributed by atoms with Gasteiger partial charge in [-0.15, -0.1) is 0 Å². The minimum atomic E-state index is -0.234. The van der Waals surface area contributed by atoms with Gasteiger partial charge in [-0.05, 0) is 38.1 Å². The van der Waals surface area contributed by atoms with Gasteiger partial charge in [0.25, 0.3) is 5.91 Å². The fourth-order valence-electron chi connectivity index (χ4n) is 2.72. The van der Waals surface area contributed by atoms with Crippen molar-refractivity contribution in [1.29, 1.82) is 0 Å². The molecule has 3 aromatic rings. The van der Waals surface area contributed by atoms with Gasteiger partial charge in [0, 0.05) is 18.5 Å². The van der Waals surface area contributed by atoms with Crippen LogP contribution < -0.4 is 14.8 Å². The molecule has 0 aliphatic carbocycles. The highest BCUT2D eigenvalue weighted by Crippen LogP contribution is 2.37. The molecule has 0 bridgehead atoms. The zero-order valence-corrected chi connectivity index (χ0v) is 16.3. The molecule has 0 unspecified atom stereocenters. The van der Waals surface area contributed by atoms with Crippen molar-refractivity contribution in [2.45, 2.75) is 26.4 Å². The molecule has 1 amide bonds. The van der Waals surface area contributed by atoms with Gasteiger partial charge < -0.3 is 19.8 Å². The summed E-state index contributed by atoms with van der Waals surface area (Å²) in [5, 5.41) is 3.22. The van der Waals surface area contributed by atoms with Crippen molar-refractivity contribution >= 4 is 28.5 Å². The molecule has 0 aliphatic rings. The Labute approximate surface area is 162 Å². The molecule has 0 saturated heterocycles. The number of amides is 1. The van der Waals surface area contributed by atoms with E-state index < -0.39 is 0 Å². The maximum Gasteiger partial charge on any atom is 0.251 e. The fourth-order valence-corrected chi connectivity index (χ4v) is 2.98. The van der Waals surface area contributed by atoms with E-state index in [1.807, 2.05) is 38.1 Å². The highest BCUT2D eigenvalue weighted by Gasteiger charge is 2.17. The van der Waals surface area contributed by atoms with Gasteiger partial charge in [-0.3, -0.25) is 4.79 Å². The Morgan fingerprint density at radius 2 is 2.07 bits per heavy atom. The van der Waals surface area contributed by atoms with Crippen molar-refractivity contribution in [3.05, 3.63) is 52.8 Å². The minimum Gasteiger partial charge on any atom is -0.493 e. The number of aromatic nitrogens is 2. The second-order valence-electron chi connectivity index (χ2n) is 6.36. The lowest BCUT2D eigenvalue weighted by Gasteiger charge is -2.16. The third-order valence-corrected chi connectivity index (χ3v) is 4.21.